The highest BCUT2D eigenvalue weighted by atomic mass is 32.2. The second kappa shape index (κ2) is 6.99. The summed E-state index contributed by atoms with van der Waals surface area (Å²) in [5, 5.41) is 4.85. The van der Waals surface area contributed by atoms with Gasteiger partial charge in [0.25, 0.3) is 0 Å². The van der Waals surface area contributed by atoms with Crippen LogP contribution in [0.4, 0.5) is 0 Å². The van der Waals surface area contributed by atoms with Crippen LogP contribution >= 0.6 is 11.8 Å². The van der Waals surface area contributed by atoms with Crippen LogP contribution in [0, 0.1) is 0 Å². The second-order valence-electron chi connectivity index (χ2n) is 6.71. The number of hydrogen-bond donors (Lipinski definition) is 1. The van der Waals surface area contributed by atoms with E-state index in [1.54, 1.807) is 0 Å². The average Bonchev–Trinajstić information content (AvgIpc) is 2.49. The first-order valence-electron chi connectivity index (χ1n) is 8.30. The van der Waals surface area contributed by atoms with Gasteiger partial charge in [-0.25, -0.2) is 0 Å². The second-order valence-corrected chi connectivity index (χ2v) is 7.85. The summed E-state index contributed by atoms with van der Waals surface area (Å²) >= 11 is 2.05. The molecule has 116 valence electrons. The van der Waals surface area contributed by atoms with Crippen molar-refractivity contribution in [3.8, 4) is 0 Å². The number of rotatable bonds is 3. The van der Waals surface area contributed by atoms with Gasteiger partial charge in [0.05, 0.1) is 5.60 Å². The molecule has 1 unspecified atom stereocenters. The molecule has 0 aromatic heterocycles. The molecule has 2 aliphatic heterocycles. The van der Waals surface area contributed by atoms with Crippen molar-refractivity contribution in [1.82, 2.24) is 5.32 Å². The van der Waals surface area contributed by atoms with E-state index in [2.05, 4.69) is 11.6 Å². The number of hydrogen-bond acceptors (Lipinski definition) is 4. The predicted octanol–water partition coefficient (Wildman–Crippen LogP) is 2.98. The molecule has 3 fully saturated rings. The maximum atomic E-state index is 6.14. The molecule has 0 bridgehead atoms. The average molecular weight is 299 g/mol. The van der Waals surface area contributed by atoms with Gasteiger partial charge in [0.2, 0.25) is 0 Å². The fourth-order valence-electron chi connectivity index (χ4n) is 4.06. The molecule has 1 atom stereocenters. The number of thioether (sulfide) groups is 1. The highest BCUT2D eigenvalue weighted by Gasteiger charge is 2.39. The van der Waals surface area contributed by atoms with Crippen LogP contribution < -0.4 is 5.32 Å². The van der Waals surface area contributed by atoms with Crippen molar-refractivity contribution in [3.05, 3.63) is 0 Å². The summed E-state index contributed by atoms with van der Waals surface area (Å²) in [4.78, 5) is 0. The lowest BCUT2D eigenvalue weighted by molar-refractivity contribution is -0.141. The first-order valence-corrected chi connectivity index (χ1v) is 9.59. The van der Waals surface area contributed by atoms with Crippen LogP contribution in [0.15, 0.2) is 0 Å². The summed E-state index contributed by atoms with van der Waals surface area (Å²) in [7, 11) is 0. The van der Waals surface area contributed by atoms with Gasteiger partial charge in [0.1, 0.15) is 0 Å². The third-order valence-electron chi connectivity index (χ3n) is 5.38. The van der Waals surface area contributed by atoms with Gasteiger partial charge in [-0.3, -0.25) is 0 Å². The molecule has 1 N–H and O–H groups in total. The van der Waals surface area contributed by atoms with Crippen molar-refractivity contribution < 1.29 is 9.47 Å². The van der Waals surface area contributed by atoms with Crippen LogP contribution in [0.1, 0.15) is 51.4 Å². The molecule has 0 aromatic rings. The molecular formula is C16H29NO2S. The largest absolute Gasteiger partial charge is 0.381 e. The van der Waals surface area contributed by atoms with Gasteiger partial charge in [-0.05, 0) is 57.6 Å². The summed E-state index contributed by atoms with van der Waals surface area (Å²) in [6, 6.07) is 1.41. The highest BCUT2D eigenvalue weighted by molar-refractivity contribution is 7.99. The Kier molecular flexibility index (Phi) is 5.29. The molecule has 0 aromatic carbocycles. The Hall–Kier alpha value is 0.230. The Morgan fingerprint density at radius 3 is 2.40 bits per heavy atom. The summed E-state index contributed by atoms with van der Waals surface area (Å²) < 4.78 is 11.6. The van der Waals surface area contributed by atoms with Crippen LogP contribution in [0.3, 0.4) is 0 Å². The van der Waals surface area contributed by atoms with Crippen molar-refractivity contribution in [1.29, 1.82) is 0 Å². The summed E-state index contributed by atoms with van der Waals surface area (Å²) in [6.07, 6.45) is 12.3. The Bertz CT molecular complexity index is 293. The van der Waals surface area contributed by atoms with Crippen molar-refractivity contribution in [2.24, 2.45) is 0 Å². The maximum absolute atomic E-state index is 6.14. The molecule has 2 heterocycles. The Balaban J connectivity index is 1.48. The zero-order valence-electron chi connectivity index (χ0n) is 12.7. The molecule has 3 rings (SSSR count). The Morgan fingerprint density at radius 1 is 0.950 bits per heavy atom. The SMILES string of the molecule is CSC1CCC(NC2CCOC3(CCOCC3)C2)CC1. The molecule has 1 aliphatic carbocycles. The topological polar surface area (TPSA) is 30.5 Å². The van der Waals surface area contributed by atoms with E-state index in [1.165, 1.54) is 38.5 Å². The van der Waals surface area contributed by atoms with E-state index in [0.717, 1.165) is 44.0 Å². The lowest BCUT2D eigenvalue weighted by Crippen LogP contribution is -2.52. The van der Waals surface area contributed by atoms with Gasteiger partial charge >= 0.3 is 0 Å². The lowest BCUT2D eigenvalue weighted by Gasteiger charge is -2.44. The molecule has 0 amide bonds. The quantitative estimate of drug-likeness (QED) is 0.868. The first-order chi connectivity index (χ1) is 9.80. The van der Waals surface area contributed by atoms with Gasteiger partial charge in [0.15, 0.2) is 0 Å². The van der Waals surface area contributed by atoms with E-state index in [9.17, 15) is 0 Å². The minimum absolute atomic E-state index is 0.130. The molecule has 3 nitrogen and oxygen atoms in total. The van der Waals surface area contributed by atoms with Crippen molar-refractivity contribution in [2.45, 2.75) is 74.3 Å². The van der Waals surface area contributed by atoms with Crippen LogP contribution in [-0.4, -0.2) is 49.0 Å². The van der Waals surface area contributed by atoms with E-state index in [4.69, 9.17) is 9.47 Å². The lowest BCUT2D eigenvalue weighted by atomic mass is 9.83. The van der Waals surface area contributed by atoms with Gasteiger partial charge < -0.3 is 14.8 Å². The molecule has 2 saturated heterocycles. The summed E-state index contributed by atoms with van der Waals surface area (Å²) in [6.45, 7) is 2.69. The van der Waals surface area contributed by atoms with Crippen LogP contribution in [0.25, 0.3) is 0 Å². The number of nitrogens with one attached hydrogen (secondary N) is 1. The van der Waals surface area contributed by atoms with Gasteiger partial charge in [-0.15, -0.1) is 0 Å². The third kappa shape index (κ3) is 3.70. The predicted molar refractivity (Wildman–Crippen MR) is 84.5 cm³/mol. The third-order valence-corrected chi connectivity index (χ3v) is 6.51. The summed E-state index contributed by atoms with van der Waals surface area (Å²) in [5.74, 6) is 0. The van der Waals surface area contributed by atoms with Gasteiger partial charge in [0, 0.05) is 37.2 Å². The van der Waals surface area contributed by atoms with E-state index in [1.807, 2.05) is 11.8 Å². The van der Waals surface area contributed by atoms with Gasteiger partial charge in [-0.1, -0.05) is 0 Å². The van der Waals surface area contributed by atoms with E-state index in [-0.39, 0.29) is 5.60 Å². The minimum atomic E-state index is 0.130. The van der Waals surface area contributed by atoms with Crippen LogP contribution in [0.5, 0.6) is 0 Å². The van der Waals surface area contributed by atoms with Crippen molar-refractivity contribution >= 4 is 11.8 Å². The van der Waals surface area contributed by atoms with Crippen LogP contribution in [0.2, 0.25) is 0 Å². The maximum Gasteiger partial charge on any atom is 0.0741 e. The fraction of sp³-hybridized carbons (Fsp3) is 1.00. The molecular weight excluding hydrogens is 270 g/mol. The number of ether oxygens (including phenoxy) is 2. The van der Waals surface area contributed by atoms with Gasteiger partial charge in [-0.2, -0.15) is 11.8 Å². The zero-order chi connectivity index (χ0) is 13.8. The van der Waals surface area contributed by atoms with Crippen molar-refractivity contribution in [3.63, 3.8) is 0 Å². The Labute approximate surface area is 127 Å². The standard InChI is InChI=1S/C16H29NO2S/c1-20-15-4-2-13(3-5-15)17-14-6-9-19-16(12-14)7-10-18-11-8-16/h13-15,17H,2-12H2,1H3. The molecule has 3 aliphatic rings. The van der Waals surface area contributed by atoms with Crippen LogP contribution in [-0.2, 0) is 9.47 Å². The Morgan fingerprint density at radius 2 is 1.70 bits per heavy atom. The van der Waals surface area contributed by atoms with E-state index < -0.39 is 0 Å². The zero-order valence-corrected chi connectivity index (χ0v) is 13.6. The van der Waals surface area contributed by atoms with E-state index in [0.29, 0.717) is 6.04 Å². The minimum Gasteiger partial charge on any atom is -0.381 e. The monoisotopic (exact) mass is 299 g/mol. The first kappa shape index (κ1) is 15.1. The smallest absolute Gasteiger partial charge is 0.0741 e. The molecule has 1 saturated carbocycles. The molecule has 4 heteroatoms. The molecule has 1 spiro atoms. The fourth-order valence-corrected chi connectivity index (χ4v) is 4.80. The van der Waals surface area contributed by atoms with E-state index >= 15 is 0 Å². The normalized spacial score (nSPS) is 38.0. The summed E-state index contributed by atoms with van der Waals surface area (Å²) in [5.41, 5.74) is 0.130. The molecule has 20 heavy (non-hydrogen) atoms. The van der Waals surface area contributed by atoms with Crippen molar-refractivity contribution in [2.75, 3.05) is 26.1 Å². The molecule has 0 radical (unpaired) electrons. The highest BCUT2D eigenvalue weighted by Crippen LogP contribution is 2.35.